The Labute approximate surface area is 94.3 Å². The van der Waals surface area contributed by atoms with Gasteiger partial charge in [-0.25, -0.2) is 0 Å². The van der Waals surface area contributed by atoms with E-state index in [0.29, 0.717) is 11.3 Å². The maximum atomic E-state index is 10.7. The number of hydrogen-bond acceptors (Lipinski definition) is 1. The Morgan fingerprint density at radius 2 is 2.07 bits per heavy atom. The molecule has 0 unspecified atom stereocenters. The monoisotopic (exact) mass is 210 g/mol. The van der Waals surface area contributed by atoms with Gasteiger partial charge in [0.1, 0.15) is 0 Å². The van der Waals surface area contributed by atoms with Crippen molar-refractivity contribution in [3.05, 3.63) is 0 Å². The highest BCUT2D eigenvalue weighted by Gasteiger charge is 2.69. The summed E-state index contributed by atoms with van der Waals surface area (Å²) < 4.78 is 0. The third-order valence-electron chi connectivity index (χ3n) is 5.38. The molecule has 0 bridgehead atoms. The molecule has 2 rings (SSSR count). The largest absolute Gasteiger partial charge is 0.390 e. The van der Waals surface area contributed by atoms with Crippen LogP contribution in [0.1, 0.15) is 59.8 Å². The Balaban J connectivity index is 2.06. The fourth-order valence-electron chi connectivity index (χ4n) is 4.00. The van der Waals surface area contributed by atoms with E-state index in [0.717, 1.165) is 24.7 Å². The van der Waals surface area contributed by atoms with Crippen LogP contribution in [0, 0.1) is 23.2 Å². The van der Waals surface area contributed by atoms with Gasteiger partial charge < -0.3 is 5.11 Å². The van der Waals surface area contributed by atoms with Crippen molar-refractivity contribution >= 4 is 0 Å². The van der Waals surface area contributed by atoms with Gasteiger partial charge >= 0.3 is 0 Å². The van der Waals surface area contributed by atoms with Crippen molar-refractivity contribution in [3.63, 3.8) is 0 Å². The molecule has 1 heteroatoms. The molecule has 0 amide bonds. The van der Waals surface area contributed by atoms with E-state index in [2.05, 4.69) is 27.7 Å². The maximum Gasteiger partial charge on any atom is 0.0681 e. The van der Waals surface area contributed by atoms with Crippen molar-refractivity contribution < 1.29 is 5.11 Å². The molecule has 0 aromatic heterocycles. The van der Waals surface area contributed by atoms with E-state index >= 15 is 0 Å². The molecule has 2 aliphatic carbocycles. The number of unbranched alkanes of at least 4 members (excludes halogenated alkanes) is 1. The molecule has 0 radical (unpaired) electrons. The topological polar surface area (TPSA) is 20.2 Å². The smallest absolute Gasteiger partial charge is 0.0681 e. The van der Waals surface area contributed by atoms with Gasteiger partial charge in [-0.3, -0.25) is 0 Å². The summed E-state index contributed by atoms with van der Waals surface area (Å²) in [7, 11) is 0. The highest BCUT2D eigenvalue weighted by molar-refractivity contribution is 5.18. The molecule has 0 aromatic carbocycles. The zero-order valence-electron chi connectivity index (χ0n) is 10.7. The second-order valence-electron chi connectivity index (χ2n) is 6.37. The van der Waals surface area contributed by atoms with Crippen molar-refractivity contribution in [2.75, 3.05) is 0 Å². The lowest BCUT2D eigenvalue weighted by Crippen LogP contribution is -2.35. The molecule has 4 atom stereocenters. The lowest BCUT2D eigenvalue weighted by molar-refractivity contribution is -0.0220. The predicted molar refractivity (Wildman–Crippen MR) is 63.6 cm³/mol. The Morgan fingerprint density at radius 3 is 2.53 bits per heavy atom. The Hall–Kier alpha value is -0.0400. The summed E-state index contributed by atoms with van der Waals surface area (Å²) in [5, 5.41) is 10.7. The van der Waals surface area contributed by atoms with E-state index in [1.54, 1.807) is 0 Å². The zero-order chi connectivity index (χ0) is 11.3. The molecule has 2 aliphatic rings. The maximum absolute atomic E-state index is 10.7. The lowest BCUT2D eigenvalue weighted by Gasteiger charge is -2.32. The molecule has 2 fully saturated rings. The second kappa shape index (κ2) is 3.48. The van der Waals surface area contributed by atoms with E-state index < -0.39 is 0 Å². The number of hydrogen-bond donors (Lipinski definition) is 1. The summed E-state index contributed by atoms with van der Waals surface area (Å²) in [4.78, 5) is 0. The van der Waals surface area contributed by atoms with Crippen LogP contribution in [0.3, 0.4) is 0 Å². The van der Waals surface area contributed by atoms with Crippen LogP contribution in [0.2, 0.25) is 0 Å². The van der Waals surface area contributed by atoms with E-state index in [4.69, 9.17) is 0 Å². The first kappa shape index (κ1) is 11.4. The van der Waals surface area contributed by atoms with Crippen LogP contribution in [-0.2, 0) is 0 Å². The summed E-state index contributed by atoms with van der Waals surface area (Å²) in [6, 6.07) is 0. The average Bonchev–Trinajstić information content (AvgIpc) is 2.84. The van der Waals surface area contributed by atoms with Crippen LogP contribution in [0.15, 0.2) is 0 Å². The number of fused-ring (bicyclic) bond motifs is 1. The summed E-state index contributed by atoms with van der Waals surface area (Å²) in [5.41, 5.74) is 0.186. The van der Waals surface area contributed by atoms with Gasteiger partial charge in [0, 0.05) is 0 Å². The molecule has 0 aliphatic heterocycles. The molecular formula is C14H26O. The van der Waals surface area contributed by atoms with Gasteiger partial charge in [0.05, 0.1) is 5.60 Å². The average molecular weight is 210 g/mol. The highest BCUT2D eigenvalue weighted by Crippen LogP contribution is 2.72. The Kier molecular flexibility index (Phi) is 2.65. The number of aliphatic hydroxyl groups is 1. The van der Waals surface area contributed by atoms with Crippen LogP contribution in [0.25, 0.3) is 0 Å². The van der Waals surface area contributed by atoms with Gasteiger partial charge in [0.25, 0.3) is 0 Å². The van der Waals surface area contributed by atoms with Gasteiger partial charge in [-0.2, -0.15) is 0 Å². The minimum atomic E-state index is -0.330. The van der Waals surface area contributed by atoms with Crippen LogP contribution < -0.4 is 0 Å². The summed E-state index contributed by atoms with van der Waals surface area (Å²) in [6.07, 6.45) is 5.86. The van der Waals surface area contributed by atoms with Crippen LogP contribution in [-0.4, -0.2) is 10.7 Å². The quantitative estimate of drug-likeness (QED) is 0.751. The predicted octanol–water partition coefficient (Wildman–Crippen LogP) is 3.61. The fourth-order valence-corrected chi connectivity index (χ4v) is 4.00. The second-order valence-corrected chi connectivity index (χ2v) is 6.37. The van der Waals surface area contributed by atoms with E-state index in [1.165, 1.54) is 19.3 Å². The van der Waals surface area contributed by atoms with Crippen LogP contribution in [0.5, 0.6) is 0 Å². The molecule has 0 saturated heterocycles. The molecule has 2 saturated carbocycles. The Bertz CT molecular complexity index is 248. The summed E-state index contributed by atoms with van der Waals surface area (Å²) in [5.74, 6) is 2.10. The summed E-state index contributed by atoms with van der Waals surface area (Å²) >= 11 is 0. The molecule has 88 valence electrons. The van der Waals surface area contributed by atoms with E-state index in [1.807, 2.05) is 0 Å². The van der Waals surface area contributed by atoms with Gasteiger partial charge in [-0.15, -0.1) is 0 Å². The number of rotatable bonds is 4. The van der Waals surface area contributed by atoms with Crippen LogP contribution in [0.4, 0.5) is 0 Å². The van der Waals surface area contributed by atoms with Crippen molar-refractivity contribution in [1.29, 1.82) is 0 Å². The summed E-state index contributed by atoms with van der Waals surface area (Å²) in [6.45, 7) is 9.15. The minimum Gasteiger partial charge on any atom is -0.390 e. The van der Waals surface area contributed by atoms with E-state index in [9.17, 15) is 5.11 Å². The minimum absolute atomic E-state index is 0.330. The molecular weight excluding hydrogens is 184 g/mol. The van der Waals surface area contributed by atoms with Crippen molar-refractivity contribution in [3.8, 4) is 0 Å². The normalized spacial score (nSPS) is 48.4. The highest BCUT2D eigenvalue weighted by atomic mass is 16.3. The van der Waals surface area contributed by atoms with Crippen molar-refractivity contribution in [2.24, 2.45) is 23.2 Å². The molecule has 0 heterocycles. The molecule has 1 nitrogen and oxygen atoms in total. The first-order valence-corrected chi connectivity index (χ1v) is 6.68. The van der Waals surface area contributed by atoms with Crippen molar-refractivity contribution in [1.82, 2.24) is 0 Å². The van der Waals surface area contributed by atoms with Crippen molar-refractivity contribution in [2.45, 2.75) is 65.4 Å². The van der Waals surface area contributed by atoms with Gasteiger partial charge in [-0.05, 0) is 42.4 Å². The van der Waals surface area contributed by atoms with E-state index in [-0.39, 0.29) is 5.60 Å². The first-order chi connectivity index (χ1) is 6.96. The van der Waals surface area contributed by atoms with Gasteiger partial charge in [0.15, 0.2) is 0 Å². The third kappa shape index (κ3) is 1.54. The molecule has 15 heavy (non-hydrogen) atoms. The fraction of sp³-hybridized carbons (Fsp3) is 1.00. The SMILES string of the molecule is CCCC[C@]1(O)C[C@]2(C(C)C)C[C@@H]2[C@H]1C. The van der Waals surface area contributed by atoms with Crippen LogP contribution >= 0.6 is 0 Å². The Morgan fingerprint density at radius 1 is 1.40 bits per heavy atom. The lowest BCUT2D eigenvalue weighted by atomic mass is 9.80. The molecule has 0 spiro atoms. The third-order valence-corrected chi connectivity index (χ3v) is 5.38. The molecule has 0 aromatic rings. The zero-order valence-corrected chi connectivity index (χ0v) is 10.7. The standard InChI is InChI=1S/C14H26O/c1-5-6-7-14(15)9-13(10(2)3)8-12(13)11(14)4/h10-12,15H,5-9H2,1-4H3/t11-,12-,13+,14+/m1/s1. The first-order valence-electron chi connectivity index (χ1n) is 6.68. The van der Waals surface area contributed by atoms with Gasteiger partial charge in [-0.1, -0.05) is 40.5 Å². The molecule has 1 N–H and O–H groups in total. The van der Waals surface area contributed by atoms with Gasteiger partial charge in [0.2, 0.25) is 0 Å².